The highest BCUT2D eigenvalue weighted by Gasteiger charge is 2.48. The van der Waals surface area contributed by atoms with E-state index in [0.29, 0.717) is 12.8 Å². The van der Waals surface area contributed by atoms with E-state index in [0.717, 1.165) is 32.1 Å². The van der Waals surface area contributed by atoms with Crippen LogP contribution in [0.2, 0.25) is 0 Å². The zero-order valence-electron chi connectivity index (χ0n) is 27.1. The predicted octanol–water partition coefficient (Wildman–Crippen LogP) is 10.9. The maximum Gasteiger partial charge on any atom is 0.347 e. The third kappa shape index (κ3) is 22.6. The second-order valence-corrected chi connectivity index (χ2v) is 14.7. The van der Waals surface area contributed by atoms with Gasteiger partial charge in [0.2, 0.25) is 0 Å². The van der Waals surface area contributed by atoms with E-state index in [1.54, 1.807) is 0 Å². The number of hydrogen-bond acceptors (Lipinski definition) is 3. The monoisotopic (exact) mass is 590 g/mol. The largest absolute Gasteiger partial charge is 0.391 e. The van der Waals surface area contributed by atoms with Gasteiger partial charge in [0, 0.05) is 0 Å². The summed E-state index contributed by atoms with van der Waals surface area (Å²) in [7, 11) is -4.59. The highest BCUT2D eigenvalue weighted by molar-refractivity contribution is 7.53. The normalized spacial score (nSPS) is 14.4. The van der Waals surface area contributed by atoms with Crippen molar-refractivity contribution in [3.05, 3.63) is 0 Å². The predicted molar refractivity (Wildman–Crippen MR) is 175 cm³/mol. The van der Waals surface area contributed by atoms with Crippen molar-refractivity contribution in [2.75, 3.05) is 0 Å². The van der Waals surface area contributed by atoms with Crippen LogP contribution >= 0.6 is 7.60 Å². The lowest BCUT2D eigenvalue weighted by atomic mass is 9.97. The standard InChI is InChI=1S/C34H72NO4P/c1-3-5-7-9-11-13-15-17-19-21-23-25-27-29-31-33(36)34(35,40(37,38)39)32-30-28-26-24-22-20-18-16-14-12-10-8-6-4-2/h33,36H,3-32,35H2,1-2H3,(H2,37,38,39). The second kappa shape index (κ2) is 27.9. The van der Waals surface area contributed by atoms with Gasteiger partial charge in [-0.25, -0.2) is 0 Å². The summed E-state index contributed by atoms with van der Waals surface area (Å²) in [5.41, 5.74) is 6.21. The lowest BCUT2D eigenvalue weighted by Gasteiger charge is -2.35. The van der Waals surface area contributed by atoms with Gasteiger partial charge in [0.1, 0.15) is 5.28 Å². The molecular weight excluding hydrogens is 517 g/mol. The molecule has 0 aliphatic rings. The molecular formula is C34H72NO4P. The third-order valence-corrected chi connectivity index (χ3v) is 10.5. The minimum absolute atomic E-state index is 0.190. The van der Waals surface area contributed by atoms with Gasteiger partial charge in [-0.3, -0.25) is 4.57 Å². The highest BCUT2D eigenvalue weighted by Crippen LogP contribution is 2.52. The molecule has 0 aromatic rings. The van der Waals surface area contributed by atoms with Gasteiger partial charge in [-0.05, 0) is 12.8 Å². The first-order valence-corrected chi connectivity index (χ1v) is 19.4. The Morgan fingerprint density at radius 3 is 1.02 bits per heavy atom. The maximum absolute atomic E-state index is 12.2. The Bertz CT molecular complexity index is 570. The molecule has 6 heteroatoms. The molecule has 0 aromatic heterocycles. The summed E-state index contributed by atoms with van der Waals surface area (Å²) in [5.74, 6) is 0. The molecule has 0 amide bonds. The summed E-state index contributed by atoms with van der Waals surface area (Å²) < 4.78 is 12.2. The summed E-state index contributed by atoms with van der Waals surface area (Å²) >= 11 is 0. The summed E-state index contributed by atoms with van der Waals surface area (Å²) in [5, 5.41) is 8.88. The number of rotatable bonds is 32. The van der Waals surface area contributed by atoms with Gasteiger partial charge in [0.15, 0.2) is 0 Å². The van der Waals surface area contributed by atoms with Crippen molar-refractivity contribution in [3.63, 3.8) is 0 Å². The van der Waals surface area contributed by atoms with Crippen LogP contribution in [-0.4, -0.2) is 26.3 Å². The van der Waals surface area contributed by atoms with E-state index in [-0.39, 0.29) is 6.42 Å². The van der Waals surface area contributed by atoms with Crippen LogP contribution in [0.3, 0.4) is 0 Å². The molecule has 242 valence electrons. The van der Waals surface area contributed by atoms with Crippen molar-refractivity contribution in [1.82, 2.24) is 0 Å². The molecule has 0 saturated carbocycles. The second-order valence-electron chi connectivity index (χ2n) is 12.8. The Morgan fingerprint density at radius 1 is 0.500 bits per heavy atom. The van der Waals surface area contributed by atoms with Gasteiger partial charge in [-0.15, -0.1) is 0 Å². The fourth-order valence-corrected chi connectivity index (χ4v) is 6.86. The fourth-order valence-electron chi connectivity index (χ4n) is 5.89. The fraction of sp³-hybridized carbons (Fsp3) is 1.00. The first-order chi connectivity index (χ1) is 19.3. The Balaban J connectivity index is 3.83. The minimum atomic E-state index is -4.59. The first kappa shape index (κ1) is 40.1. The van der Waals surface area contributed by atoms with Crippen molar-refractivity contribution in [2.24, 2.45) is 5.73 Å². The van der Waals surface area contributed by atoms with Crippen LogP contribution in [0.25, 0.3) is 0 Å². The molecule has 0 aliphatic carbocycles. The topological polar surface area (TPSA) is 104 Å². The average molecular weight is 590 g/mol. The van der Waals surface area contributed by atoms with Crippen LogP contribution in [0.15, 0.2) is 0 Å². The molecule has 5 nitrogen and oxygen atoms in total. The molecule has 5 N–H and O–H groups in total. The van der Waals surface area contributed by atoms with Crippen molar-refractivity contribution >= 4 is 7.60 Å². The van der Waals surface area contributed by atoms with Crippen molar-refractivity contribution in [2.45, 2.75) is 218 Å². The Hall–Kier alpha value is 0.0700. The zero-order chi connectivity index (χ0) is 29.8. The molecule has 0 fully saturated rings. The molecule has 0 spiro atoms. The van der Waals surface area contributed by atoms with Gasteiger partial charge in [-0.2, -0.15) is 0 Å². The number of aliphatic hydroxyl groups is 1. The van der Waals surface area contributed by atoms with Crippen LogP contribution < -0.4 is 5.73 Å². The van der Waals surface area contributed by atoms with Gasteiger partial charge in [0.25, 0.3) is 0 Å². The Morgan fingerprint density at radius 2 is 0.750 bits per heavy atom. The maximum atomic E-state index is 12.2. The highest BCUT2D eigenvalue weighted by atomic mass is 31.2. The SMILES string of the molecule is CCCCCCCCCCCCCCCCC(O)C(N)(CCCCCCCCCCCCCCCC)P(=O)(O)O. The molecule has 0 bridgehead atoms. The molecule has 2 unspecified atom stereocenters. The molecule has 0 aromatic carbocycles. The van der Waals surface area contributed by atoms with Crippen LogP contribution in [0, 0.1) is 0 Å². The molecule has 40 heavy (non-hydrogen) atoms. The van der Waals surface area contributed by atoms with Crippen molar-refractivity contribution in [3.8, 4) is 0 Å². The first-order valence-electron chi connectivity index (χ1n) is 17.8. The molecule has 0 aliphatic heterocycles. The van der Waals surface area contributed by atoms with E-state index in [1.807, 2.05) is 0 Å². The van der Waals surface area contributed by atoms with E-state index in [2.05, 4.69) is 13.8 Å². The van der Waals surface area contributed by atoms with Crippen molar-refractivity contribution < 1.29 is 19.5 Å². The van der Waals surface area contributed by atoms with Crippen LogP contribution in [0.4, 0.5) is 0 Å². The summed E-state index contributed by atoms with van der Waals surface area (Å²) in [6, 6.07) is 0. The van der Waals surface area contributed by atoms with E-state index in [9.17, 15) is 19.5 Å². The van der Waals surface area contributed by atoms with E-state index < -0.39 is 19.0 Å². The van der Waals surface area contributed by atoms with E-state index in [4.69, 9.17) is 5.73 Å². The smallest absolute Gasteiger partial charge is 0.347 e. The number of hydrogen-bond donors (Lipinski definition) is 4. The van der Waals surface area contributed by atoms with Gasteiger partial charge in [0.05, 0.1) is 6.10 Å². The summed E-state index contributed by atoms with van der Waals surface area (Å²) in [6.45, 7) is 4.52. The number of aliphatic hydroxyl groups excluding tert-OH is 1. The van der Waals surface area contributed by atoms with Crippen LogP contribution in [0.1, 0.15) is 206 Å². The van der Waals surface area contributed by atoms with Crippen LogP contribution in [-0.2, 0) is 4.57 Å². The lowest BCUT2D eigenvalue weighted by molar-refractivity contribution is 0.0917. The van der Waals surface area contributed by atoms with E-state index in [1.165, 1.54) is 141 Å². The van der Waals surface area contributed by atoms with Gasteiger partial charge in [-0.1, -0.05) is 194 Å². The lowest BCUT2D eigenvalue weighted by Crippen LogP contribution is -2.50. The molecule has 0 radical (unpaired) electrons. The summed E-state index contributed by atoms with van der Waals surface area (Å²) in [4.78, 5) is 19.9. The molecule has 2 atom stereocenters. The van der Waals surface area contributed by atoms with E-state index >= 15 is 0 Å². The van der Waals surface area contributed by atoms with Gasteiger partial charge < -0.3 is 20.6 Å². The molecule has 0 saturated heterocycles. The summed E-state index contributed by atoms with van der Waals surface area (Å²) in [6.07, 6.45) is 34.3. The average Bonchev–Trinajstić information content (AvgIpc) is 2.92. The number of unbranched alkanes of at least 4 members (excludes halogenated alkanes) is 26. The van der Waals surface area contributed by atoms with Crippen LogP contribution in [0.5, 0.6) is 0 Å². The molecule has 0 rings (SSSR count). The Kier molecular flexibility index (Phi) is 27.9. The number of nitrogens with two attached hydrogens (primary N) is 1. The van der Waals surface area contributed by atoms with Crippen molar-refractivity contribution in [1.29, 1.82) is 0 Å². The minimum Gasteiger partial charge on any atom is -0.391 e. The zero-order valence-corrected chi connectivity index (χ0v) is 28.0. The Labute approximate surface area is 250 Å². The quantitative estimate of drug-likeness (QED) is 0.0461. The molecule has 0 heterocycles. The third-order valence-electron chi connectivity index (χ3n) is 8.88. The van der Waals surface area contributed by atoms with Gasteiger partial charge >= 0.3 is 7.60 Å².